The third kappa shape index (κ3) is 7.31. The fraction of sp³-hybridized carbons (Fsp3) is 0. The first kappa shape index (κ1) is 19.5. The summed E-state index contributed by atoms with van der Waals surface area (Å²) >= 11 is 0. The second-order valence-corrected chi connectivity index (χ2v) is 4.33. The van der Waals surface area contributed by atoms with Crippen LogP contribution in [0, 0.1) is 0 Å². The van der Waals surface area contributed by atoms with Crippen molar-refractivity contribution < 1.29 is 47.6 Å². The minimum atomic E-state index is -4.96. The van der Waals surface area contributed by atoms with Crippen molar-refractivity contribution in [1.82, 2.24) is 0 Å². The van der Waals surface area contributed by atoms with Gasteiger partial charge in [-0.1, -0.05) is 46.4 Å². The molecule has 0 aromatic carbocycles. The fourth-order valence-corrected chi connectivity index (χ4v) is 1.05. The molecular weight excluding hydrogens is 323 g/mol. The topological polar surface area (TPSA) is 124 Å². The number of carbonyl (C=O) groups is 3. The highest BCUT2D eigenvalue weighted by atomic mass is 31.2. The van der Waals surface area contributed by atoms with E-state index >= 15 is 0 Å². The Morgan fingerprint density at radius 2 is 1.18 bits per heavy atom. The van der Waals surface area contributed by atoms with Crippen LogP contribution in [0.2, 0.25) is 0 Å². The largest absolute Gasteiger partial charge is 0.584 e. The summed E-state index contributed by atoms with van der Waals surface area (Å²) in [5, 5.41) is 0. The average Bonchev–Trinajstić information content (AvgIpc) is 2.54. The summed E-state index contributed by atoms with van der Waals surface area (Å²) in [4.78, 5) is 44.7. The molecular formula is C11H11O10P. The van der Waals surface area contributed by atoms with Crippen LogP contribution >= 0.6 is 7.82 Å². The van der Waals surface area contributed by atoms with E-state index in [2.05, 4.69) is 55.0 Å². The zero-order valence-corrected chi connectivity index (χ0v) is 12.0. The molecule has 0 aliphatic heterocycles. The molecule has 0 spiro atoms. The third-order valence-electron chi connectivity index (χ3n) is 1.47. The molecule has 0 aliphatic rings. The van der Waals surface area contributed by atoms with E-state index in [1.165, 1.54) is 0 Å². The van der Waals surface area contributed by atoms with Crippen molar-refractivity contribution >= 4 is 25.7 Å². The second-order valence-electron chi connectivity index (χ2n) is 2.98. The number of carbonyl (C=O) groups excluding carboxylic acids is 3. The van der Waals surface area contributed by atoms with Gasteiger partial charge in [0.1, 0.15) is 0 Å². The quantitative estimate of drug-likeness (QED) is 0.191. The van der Waals surface area contributed by atoms with Crippen LogP contribution < -0.4 is 0 Å². The Labute approximate surface area is 124 Å². The molecule has 0 N–H and O–H groups in total. The monoisotopic (exact) mass is 334 g/mol. The van der Waals surface area contributed by atoms with Gasteiger partial charge in [0.05, 0.1) is 5.57 Å². The maximum atomic E-state index is 11.8. The molecule has 0 bridgehead atoms. The van der Waals surface area contributed by atoms with Crippen LogP contribution in [-0.4, -0.2) is 17.9 Å². The van der Waals surface area contributed by atoms with E-state index in [9.17, 15) is 18.9 Å². The summed E-state index contributed by atoms with van der Waals surface area (Å²) in [7, 11) is -4.96. The Balaban J connectivity index is 4.82. The van der Waals surface area contributed by atoms with E-state index in [0.717, 1.165) is 6.08 Å². The number of hydrogen-bond acceptors (Lipinski definition) is 10. The Kier molecular flexibility index (Phi) is 8.34. The molecule has 10 nitrogen and oxygen atoms in total. The van der Waals surface area contributed by atoms with Gasteiger partial charge in [-0.3, -0.25) is 14.7 Å². The smallest absolute Gasteiger partial charge is 0.283 e. The Bertz CT molecular complexity index is 521. The van der Waals surface area contributed by atoms with E-state index in [0.29, 0.717) is 12.2 Å². The van der Waals surface area contributed by atoms with Crippen molar-refractivity contribution in [3.05, 3.63) is 50.1 Å². The molecule has 0 amide bonds. The van der Waals surface area contributed by atoms with Gasteiger partial charge in [0.25, 0.3) is 0 Å². The highest BCUT2D eigenvalue weighted by Gasteiger charge is 2.37. The third-order valence-corrected chi connectivity index (χ3v) is 2.24. The highest BCUT2D eigenvalue weighted by Crippen LogP contribution is 2.50. The van der Waals surface area contributed by atoms with Gasteiger partial charge < -0.3 is 0 Å². The first-order chi connectivity index (χ1) is 10.3. The molecule has 11 heteroatoms. The van der Waals surface area contributed by atoms with Crippen molar-refractivity contribution in [3.63, 3.8) is 0 Å². The minimum Gasteiger partial charge on any atom is -0.283 e. The van der Waals surface area contributed by atoms with Gasteiger partial charge >= 0.3 is 25.7 Å². The molecule has 120 valence electrons. The lowest BCUT2D eigenvalue weighted by atomic mass is 10.3. The first-order valence-corrected chi connectivity index (χ1v) is 6.61. The summed E-state index contributed by atoms with van der Waals surface area (Å²) in [6, 6.07) is 0. The van der Waals surface area contributed by atoms with Gasteiger partial charge in [0.15, 0.2) is 0 Å². The lowest BCUT2D eigenvalue weighted by Gasteiger charge is -2.12. The summed E-state index contributed by atoms with van der Waals surface area (Å²) in [5.41, 5.74) is -0.266. The molecule has 22 heavy (non-hydrogen) atoms. The molecule has 0 aromatic heterocycles. The zero-order valence-electron chi connectivity index (χ0n) is 11.1. The van der Waals surface area contributed by atoms with Crippen LogP contribution in [0.1, 0.15) is 0 Å². The van der Waals surface area contributed by atoms with Gasteiger partial charge in [0, 0.05) is 12.2 Å². The van der Waals surface area contributed by atoms with E-state index < -0.39 is 25.7 Å². The van der Waals surface area contributed by atoms with Gasteiger partial charge in [0.2, 0.25) is 0 Å². The fourth-order valence-electron chi connectivity index (χ4n) is 0.486. The predicted octanol–water partition coefficient (Wildman–Crippen LogP) is 1.63. The highest BCUT2D eigenvalue weighted by molar-refractivity contribution is 7.48. The molecule has 0 radical (unpaired) electrons. The van der Waals surface area contributed by atoms with Crippen molar-refractivity contribution in [2.24, 2.45) is 0 Å². The van der Waals surface area contributed by atoms with Crippen molar-refractivity contribution in [3.8, 4) is 0 Å². The van der Waals surface area contributed by atoms with Crippen LogP contribution in [0.25, 0.3) is 0 Å². The number of hydrogen-bond donors (Lipinski definition) is 0. The molecule has 0 saturated carbocycles. The van der Waals surface area contributed by atoms with Gasteiger partial charge in [-0.05, 0) is 0 Å². The molecule has 0 aliphatic carbocycles. The Morgan fingerprint density at radius 3 is 1.55 bits per heavy atom. The summed E-state index contributed by atoms with van der Waals surface area (Å²) in [5.74, 6) is -3.60. The normalized spacial score (nSPS) is 10.0. The standard InChI is InChI=1S/C11H11O10P/c1-5-8(4)11(14)18-21-22(15,19-16-9(12)6-2)20-17-10(13)7-3/h5-7H,1-4H2. The molecule has 0 heterocycles. The van der Waals surface area contributed by atoms with Crippen LogP contribution in [-0.2, 0) is 47.6 Å². The van der Waals surface area contributed by atoms with Crippen molar-refractivity contribution in [2.75, 3.05) is 0 Å². The van der Waals surface area contributed by atoms with Gasteiger partial charge in [-0.15, -0.1) is 0 Å². The van der Waals surface area contributed by atoms with Gasteiger partial charge in [-0.2, -0.15) is 0 Å². The maximum Gasteiger partial charge on any atom is 0.584 e. The lowest BCUT2D eigenvalue weighted by molar-refractivity contribution is -0.292. The molecule has 0 unspecified atom stereocenters. The van der Waals surface area contributed by atoms with E-state index in [-0.39, 0.29) is 5.57 Å². The Morgan fingerprint density at radius 1 is 0.773 bits per heavy atom. The summed E-state index contributed by atoms with van der Waals surface area (Å²) in [6.07, 6.45) is 2.30. The van der Waals surface area contributed by atoms with Crippen LogP contribution in [0.15, 0.2) is 50.1 Å². The average molecular weight is 334 g/mol. The summed E-state index contributed by atoms with van der Waals surface area (Å²) < 4.78 is 23.9. The van der Waals surface area contributed by atoms with Gasteiger partial charge in [-0.25, -0.2) is 18.9 Å². The SMILES string of the molecule is C=CC(=C)C(=O)OOP(=O)(OOC(=O)C=C)OOC(=O)C=C. The number of rotatable bonds is 10. The molecule has 0 saturated heterocycles. The summed E-state index contributed by atoms with van der Waals surface area (Å²) in [6.45, 7) is 12.5. The van der Waals surface area contributed by atoms with Crippen molar-refractivity contribution in [2.45, 2.75) is 0 Å². The van der Waals surface area contributed by atoms with Crippen LogP contribution in [0.5, 0.6) is 0 Å². The molecule has 0 rings (SSSR count). The molecule has 0 atom stereocenters. The molecule has 0 fully saturated rings. The zero-order chi connectivity index (χ0) is 17.2. The minimum absolute atomic E-state index is 0.266. The van der Waals surface area contributed by atoms with Crippen LogP contribution in [0.4, 0.5) is 0 Å². The molecule has 0 aromatic rings. The van der Waals surface area contributed by atoms with E-state index in [1.54, 1.807) is 0 Å². The number of phosphoric acid groups is 1. The van der Waals surface area contributed by atoms with Crippen molar-refractivity contribution in [1.29, 1.82) is 0 Å². The lowest BCUT2D eigenvalue weighted by Crippen LogP contribution is -2.11. The maximum absolute atomic E-state index is 11.8. The van der Waals surface area contributed by atoms with Crippen LogP contribution in [0.3, 0.4) is 0 Å². The van der Waals surface area contributed by atoms with E-state index in [1.807, 2.05) is 0 Å². The Hall–Kier alpha value is -2.52. The predicted molar refractivity (Wildman–Crippen MR) is 68.9 cm³/mol. The van der Waals surface area contributed by atoms with E-state index in [4.69, 9.17) is 0 Å². The second kappa shape index (κ2) is 9.42. The first-order valence-electron chi connectivity index (χ1n) is 5.15.